The fourth-order valence-electron chi connectivity index (χ4n) is 3.07. The van der Waals surface area contributed by atoms with Gasteiger partial charge in [0.15, 0.2) is 11.5 Å². The number of methoxy groups -OCH3 is 3. The fourth-order valence-corrected chi connectivity index (χ4v) is 3.07. The summed E-state index contributed by atoms with van der Waals surface area (Å²) < 4.78 is 21.5. The molecule has 0 atom stereocenters. The van der Waals surface area contributed by atoms with Crippen LogP contribution in [0.2, 0.25) is 0 Å². The van der Waals surface area contributed by atoms with Gasteiger partial charge in [0.25, 0.3) is 0 Å². The molecule has 2 aromatic rings. The Balaban J connectivity index is 2.25. The third-order valence-corrected chi connectivity index (χ3v) is 4.81. The van der Waals surface area contributed by atoms with Crippen LogP contribution in [0.5, 0.6) is 17.2 Å². The maximum atomic E-state index is 12.6. The molecule has 152 valence electrons. The number of rotatable bonds is 6. The summed E-state index contributed by atoms with van der Waals surface area (Å²) in [4.78, 5) is 12.6. The van der Waals surface area contributed by atoms with Gasteiger partial charge in [0.2, 0.25) is 5.75 Å². The summed E-state index contributed by atoms with van der Waals surface area (Å²) in [5, 5.41) is 0. The summed E-state index contributed by atoms with van der Waals surface area (Å²) in [6.07, 6.45) is 0. The van der Waals surface area contributed by atoms with Gasteiger partial charge in [0.05, 0.1) is 26.9 Å². The van der Waals surface area contributed by atoms with Gasteiger partial charge < -0.3 is 18.9 Å². The van der Waals surface area contributed by atoms with Crippen LogP contribution in [0.3, 0.4) is 0 Å². The number of aryl methyl sites for hydroxylation is 2. The van der Waals surface area contributed by atoms with Crippen molar-refractivity contribution in [1.82, 2.24) is 0 Å². The highest BCUT2D eigenvalue weighted by molar-refractivity contribution is 5.91. The monoisotopic (exact) mass is 386 g/mol. The van der Waals surface area contributed by atoms with Crippen LogP contribution in [0.4, 0.5) is 0 Å². The number of ether oxygens (including phenoxy) is 4. The molecule has 0 N–H and O–H groups in total. The largest absolute Gasteiger partial charge is 0.493 e. The van der Waals surface area contributed by atoms with Crippen molar-refractivity contribution in [2.24, 2.45) is 0 Å². The number of benzene rings is 2. The molecule has 5 nitrogen and oxygen atoms in total. The molecule has 2 aromatic carbocycles. The molecular formula is C23H30O5. The minimum absolute atomic E-state index is 0.0704. The Hall–Kier alpha value is -2.69. The van der Waals surface area contributed by atoms with Crippen molar-refractivity contribution in [3.63, 3.8) is 0 Å². The number of carbonyl (C=O) groups is 1. The molecule has 0 spiro atoms. The van der Waals surface area contributed by atoms with Crippen molar-refractivity contribution >= 4 is 5.97 Å². The third kappa shape index (κ3) is 4.58. The number of carbonyl (C=O) groups excluding carboxylic acids is 1. The second-order valence-corrected chi connectivity index (χ2v) is 7.83. The first-order chi connectivity index (χ1) is 13.1. The van der Waals surface area contributed by atoms with Crippen LogP contribution in [0, 0.1) is 13.8 Å². The van der Waals surface area contributed by atoms with E-state index < -0.39 is 5.97 Å². The van der Waals surface area contributed by atoms with Crippen LogP contribution in [0.1, 0.15) is 53.4 Å². The minimum Gasteiger partial charge on any atom is -0.493 e. The van der Waals surface area contributed by atoms with E-state index >= 15 is 0 Å². The van der Waals surface area contributed by atoms with E-state index in [9.17, 15) is 4.79 Å². The Morgan fingerprint density at radius 2 is 1.36 bits per heavy atom. The second kappa shape index (κ2) is 8.55. The summed E-state index contributed by atoms with van der Waals surface area (Å²) in [6, 6.07) is 7.50. The van der Waals surface area contributed by atoms with Gasteiger partial charge in [-0.25, -0.2) is 4.79 Å². The summed E-state index contributed by atoms with van der Waals surface area (Å²) in [5.74, 6) is 0.815. The average molecular weight is 386 g/mol. The lowest BCUT2D eigenvalue weighted by molar-refractivity contribution is 0.0470. The first-order valence-electron chi connectivity index (χ1n) is 9.20. The van der Waals surface area contributed by atoms with Crippen LogP contribution in [-0.4, -0.2) is 27.3 Å². The molecule has 0 saturated carbocycles. The molecule has 0 saturated heterocycles. The third-order valence-electron chi connectivity index (χ3n) is 4.81. The number of esters is 1. The highest BCUT2D eigenvalue weighted by Gasteiger charge is 2.20. The Bertz CT molecular complexity index is 814. The molecule has 0 bridgehead atoms. The van der Waals surface area contributed by atoms with E-state index in [1.807, 2.05) is 13.8 Å². The minimum atomic E-state index is -0.446. The van der Waals surface area contributed by atoms with Gasteiger partial charge in [-0.05, 0) is 53.6 Å². The maximum absolute atomic E-state index is 12.6. The Kier molecular flexibility index (Phi) is 6.60. The van der Waals surface area contributed by atoms with Crippen LogP contribution < -0.4 is 14.2 Å². The second-order valence-electron chi connectivity index (χ2n) is 7.83. The van der Waals surface area contributed by atoms with Crippen molar-refractivity contribution in [2.75, 3.05) is 21.3 Å². The van der Waals surface area contributed by atoms with Crippen molar-refractivity contribution in [2.45, 2.75) is 46.6 Å². The Morgan fingerprint density at radius 1 is 0.857 bits per heavy atom. The molecule has 0 radical (unpaired) electrons. The van der Waals surface area contributed by atoms with Crippen LogP contribution in [-0.2, 0) is 16.8 Å². The molecule has 2 rings (SSSR count). The van der Waals surface area contributed by atoms with Gasteiger partial charge in [-0.15, -0.1) is 0 Å². The molecular weight excluding hydrogens is 356 g/mol. The van der Waals surface area contributed by atoms with E-state index in [-0.39, 0.29) is 12.0 Å². The van der Waals surface area contributed by atoms with E-state index in [2.05, 4.69) is 32.9 Å². The highest BCUT2D eigenvalue weighted by atomic mass is 16.5. The van der Waals surface area contributed by atoms with Crippen molar-refractivity contribution in [1.29, 1.82) is 0 Å². The SMILES string of the molecule is COc1cc(C(=O)OCc2c(C)cc(C(C)(C)C)cc2C)cc(OC)c1OC. The van der Waals surface area contributed by atoms with E-state index in [4.69, 9.17) is 18.9 Å². The van der Waals surface area contributed by atoms with Gasteiger partial charge in [-0.1, -0.05) is 32.9 Å². The van der Waals surface area contributed by atoms with Gasteiger partial charge >= 0.3 is 5.97 Å². The summed E-state index contributed by atoms with van der Waals surface area (Å²) in [5.41, 5.74) is 4.93. The van der Waals surface area contributed by atoms with Crippen molar-refractivity contribution in [3.8, 4) is 17.2 Å². The summed E-state index contributed by atoms with van der Waals surface area (Å²) in [7, 11) is 4.54. The summed E-state index contributed by atoms with van der Waals surface area (Å²) in [6.45, 7) is 10.9. The standard InChI is InChI=1S/C23H30O5/c1-14-9-17(23(3,4)5)10-15(2)18(14)13-28-22(24)16-11-19(25-6)21(27-8)20(12-16)26-7/h9-12H,13H2,1-8H3. The van der Waals surface area contributed by atoms with Gasteiger partial charge in [-0.3, -0.25) is 0 Å². The number of hydrogen-bond donors (Lipinski definition) is 0. The molecule has 0 aromatic heterocycles. The molecule has 0 amide bonds. The predicted octanol–water partition coefficient (Wildman–Crippen LogP) is 4.98. The molecule has 0 aliphatic carbocycles. The zero-order valence-corrected chi connectivity index (χ0v) is 18.1. The first kappa shape index (κ1) is 21.6. The Morgan fingerprint density at radius 3 is 1.75 bits per heavy atom. The fraction of sp³-hybridized carbons (Fsp3) is 0.435. The van der Waals surface area contributed by atoms with Crippen LogP contribution >= 0.6 is 0 Å². The maximum Gasteiger partial charge on any atom is 0.338 e. The van der Waals surface area contributed by atoms with E-state index in [1.54, 1.807) is 12.1 Å². The van der Waals surface area contributed by atoms with Crippen LogP contribution in [0.15, 0.2) is 24.3 Å². The predicted molar refractivity (Wildman–Crippen MR) is 110 cm³/mol. The molecule has 5 heteroatoms. The zero-order valence-electron chi connectivity index (χ0n) is 18.1. The quantitative estimate of drug-likeness (QED) is 0.655. The normalized spacial score (nSPS) is 11.1. The van der Waals surface area contributed by atoms with Gasteiger partial charge in [0, 0.05) is 0 Å². The molecule has 0 aliphatic rings. The van der Waals surface area contributed by atoms with Crippen molar-refractivity contribution in [3.05, 3.63) is 52.1 Å². The van der Waals surface area contributed by atoms with Crippen LogP contribution in [0.25, 0.3) is 0 Å². The Labute approximate surface area is 167 Å². The first-order valence-corrected chi connectivity index (χ1v) is 9.20. The summed E-state index contributed by atoms with van der Waals surface area (Å²) >= 11 is 0. The van der Waals surface area contributed by atoms with E-state index in [1.165, 1.54) is 26.9 Å². The molecule has 0 fully saturated rings. The van der Waals surface area contributed by atoms with Crippen molar-refractivity contribution < 1.29 is 23.7 Å². The lowest BCUT2D eigenvalue weighted by Crippen LogP contribution is -2.13. The van der Waals surface area contributed by atoms with E-state index in [0.717, 1.165) is 16.7 Å². The van der Waals surface area contributed by atoms with Gasteiger partial charge in [0.1, 0.15) is 6.61 Å². The smallest absolute Gasteiger partial charge is 0.338 e. The topological polar surface area (TPSA) is 54.0 Å². The molecule has 0 unspecified atom stereocenters. The lowest BCUT2D eigenvalue weighted by Gasteiger charge is -2.22. The highest BCUT2D eigenvalue weighted by Crippen LogP contribution is 2.38. The van der Waals surface area contributed by atoms with E-state index in [0.29, 0.717) is 22.8 Å². The van der Waals surface area contributed by atoms with Gasteiger partial charge in [-0.2, -0.15) is 0 Å². The average Bonchev–Trinajstić information content (AvgIpc) is 2.64. The zero-order chi connectivity index (χ0) is 21.1. The molecule has 28 heavy (non-hydrogen) atoms. The lowest BCUT2D eigenvalue weighted by atomic mass is 9.84. The number of hydrogen-bond acceptors (Lipinski definition) is 5. The molecule has 0 heterocycles. The molecule has 0 aliphatic heterocycles.